The van der Waals surface area contributed by atoms with Crippen LogP contribution in [-0.2, 0) is 0 Å². The highest BCUT2D eigenvalue weighted by Crippen LogP contribution is 2.27. The monoisotopic (exact) mass is 278 g/mol. The maximum absolute atomic E-state index is 8.79. The van der Waals surface area contributed by atoms with Crippen LogP contribution in [0.2, 0.25) is 5.02 Å². The van der Waals surface area contributed by atoms with Crippen LogP contribution in [0.5, 0.6) is 5.75 Å². The third kappa shape index (κ3) is 3.86. The Balaban J connectivity index is 2.64. The van der Waals surface area contributed by atoms with Gasteiger partial charge in [-0.15, -0.1) is 0 Å². The van der Waals surface area contributed by atoms with Gasteiger partial charge in [-0.25, -0.2) is 0 Å². The van der Waals surface area contributed by atoms with Gasteiger partial charge in [0.15, 0.2) is 4.51 Å². The third-order valence-corrected chi connectivity index (χ3v) is 2.51. The molecule has 0 aromatic heterocycles. The van der Waals surface area contributed by atoms with E-state index in [0.717, 1.165) is 5.75 Å². The van der Waals surface area contributed by atoms with Gasteiger partial charge in [-0.3, -0.25) is 0 Å². The second-order valence-electron chi connectivity index (χ2n) is 3.13. The van der Waals surface area contributed by atoms with Gasteiger partial charge in [0.25, 0.3) is 0 Å². The molecular formula is C10H12BrClO2. The smallest absolute Gasteiger partial charge is 0.162 e. The van der Waals surface area contributed by atoms with E-state index in [1.165, 1.54) is 0 Å². The van der Waals surface area contributed by atoms with Gasteiger partial charge in [0.2, 0.25) is 0 Å². The Kier molecular flexibility index (Phi) is 4.23. The zero-order valence-electron chi connectivity index (χ0n) is 7.84. The number of rotatable bonds is 4. The predicted octanol–water partition coefficient (Wildman–Crippen LogP) is 3.21. The largest absolute Gasteiger partial charge is 0.476 e. The number of alkyl halides is 1. The summed E-state index contributed by atoms with van der Waals surface area (Å²) in [5.74, 6) is 0.724. The number of hydrogen-bond donors (Lipinski definition) is 1. The highest BCUT2D eigenvalue weighted by molar-refractivity contribution is 9.10. The summed E-state index contributed by atoms with van der Waals surface area (Å²) >= 11 is 9.12. The average molecular weight is 280 g/mol. The fourth-order valence-electron chi connectivity index (χ4n) is 0.999. The third-order valence-electron chi connectivity index (χ3n) is 1.70. The van der Waals surface area contributed by atoms with Crippen LogP contribution >= 0.6 is 27.5 Å². The summed E-state index contributed by atoms with van der Waals surface area (Å²) in [6.07, 6.45) is 0.523. The number of benzene rings is 1. The molecule has 4 heteroatoms. The fraction of sp³-hybridized carbons (Fsp3) is 0.400. The van der Waals surface area contributed by atoms with E-state index in [9.17, 15) is 0 Å². The Hall–Kier alpha value is -0.250. The lowest BCUT2D eigenvalue weighted by atomic mass is 10.3. The minimum Gasteiger partial charge on any atom is -0.476 e. The number of ether oxygens (including phenoxy) is 1. The molecule has 0 heterocycles. The summed E-state index contributed by atoms with van der Waals surface area (Å²) < 4.78 is 5.06. The molecule has 1 atom stereocenters. The van der Waals surface area contributed by atoms with Crippen molar-refractivity contribution >= 4 is 27.5 Å². The molecule has 0 bridgehead atoms. The standard InChI is InChI=1S/C10H12BrClO2/c1-10(11,6-7-13)14-9-4-2-8(12)3-5-9/h2-5,13H,6-7H2,1H3. The van der Waals surface area contributed by atoms with E-state index in [2.05, 4.69) is 15.9 Å². The highest BCUT2D eigenvalue weighted by Gasteiger charge is 2.21. The Morgan fingerprint density at radius 1 is 1.43 bits per heavy atom. The quantitative estimate of drug-likeness (QED) is 0.858. The van der Waals surface area contributed by atoms with Gasteiger partial charge in [-0.2, -0.15) is 0 Å². The molecule has 2 nitrogen and oxygen atoms in total. The van der Waals surface area contributed by atoms with E-state index >= 15 is 0 Å². The summed E-state index contributed by atoms with van der Waals surface area (Å²) in [5, 5.41) is 9.47. The summed E-state index contributed by atoms with van der Waals surface area (Å²) in [6.45, 7) is 1.94. The van der Waals surface area contributed by atoms with Crippen LogP contribution in [0.25, 0.3) is 0 Å². The van der Waals surface area contributed by atoms with Gasteiger partial charge in [0.05, 0.1) is 0 Å². The van der Waals surface area contributed by atoms with Crippen molar-refractivity contribution in [3.63, 3.8) is 0 Å². The number of halogens is 2. The molecule has 0 aliphatic rings. The van der Waals surface area contributed by atoms with E-state index < -0.39 is 4.51 Å². The lowest BCUT2D eigenvalue weighted by Crippen LogP contribution is -2.25. The predicted molar refractivity (Wildman–Crippen MR) is 61.1 cm³/mol. The minimum atomic E-state index is -0.532. The number of aliphatic hydroxyl groups is 1. The number of hydrogen-bond acceptors (Lipinski definition) is 2. The van der Waals surface area contributed by atoms with Gasteiger partial charge < -0.3 is 9.84 Å². The zero-order chi connectivity index (χ0) is 10.6. The van der Waals surface area contributed by atoms with Gasteiger partial charge in [-0.05, 0) is 47.1 Å². The first-order chi connectivity index (χ1) is 6.53. The molecule has 0 aliphatic heterocycles. The van der Waals surface area contributed by atoms with Crippen molar-refractivity contribution in [1.82, 2.24) is 0 Å². The molecule has 0 fully saturated rings. The summed E-state index contributed by atoms with van der Waals surface area (Å²) in [4.78, 5) is 0. The van der Waals surface area contributed by atoms with Crippen LogP contribution in [0.1, 0.15) is 13.3 Å². The molecule has 1 aromatic carbocycles. The van der Waals surface area contributed by atoms with Crippen LogP contribution in [0.15, 0.2) is 24.3 Å². The average Bonchev–Trinajstić information content (AvgIpc) is 2.08. The molecule has 1 unspecified atom stereocenters. The lowest BCUT2D eigenvalue weighted by Gasteiger charge is -2.23. The van der Waals surface area contributed by atoms with Crippen molar-refractivity contribution < 1.29 is 9.84 Å². The first kappa shape index (κ1) is 11.8. The Labute approximate surface area is 97.0 Å². The molecule has 0 spiro atoms. The molecule has 0 saturated heterocycles. The SMILES string of the molecule is CC(Br)(CCO)Oc1ccc(Cl)cc1. The van der Waals surface area contributed by atoms with Crippen LogP contribution in [-0.4, -0.2) is 16.2 Å². The van der Waals surface area contributed by atoms with Crippen molar-refractivity contribution in [1.29, 1.82) is 0 Å². The second kappa shape index (κ2) is 5.01. The zero-order valence-corrected chi connectivity index (χ0v) is 10.2. The fourth-order valence-corrected chi connectivity index (χ4v) is 1.49. The lowest BCUT2D eigenvalue weighted by molar-refractivity contribution is 0.147. The molecule has 1 rings (SSSR count). The van der Waals surface area contributed by atoms with E-state index in [0.29, 0.717) is 11.4 Å². The van der Waals surface area contributed by atoms with E-state index in [1.807, 2.05) is 6.92 Å². The summed E-state index contributed by atoms with van der Waals surface area (Å²) in [5.41, 5.74) is 0. The Morgan fingerprint density at radius 2 is 2.00 bits per heavy atom. The van der Waals surface area contributed by atoms with Gasteiger partial charge in [0, 0.05) is 18.1 Å². The molecule has 0 saturated carbocycles. The van der Waals surface area contributed by atoms with Crippen LogP contribution in [0.3, 0.4) is 0 Å². The van der Waals surface area contributed by atoms with Gasteiger partial charge >= 0.3 is 0 Å². The first-order valence-corrected chi connectivity index (χ1v) is 5.45. The molecule has 1 N–H and O–H groups in total. The van der Waals surface area contributed by atoms with Crippen molar-refractivity contribution in [2.24, 2.45) is 0 Å². The number of aliphatic hydroxyl groups excluding tert-OH is 1. The van der Waals surface area contributed by atoms with E-state index in [4.69, 9.17) is 21.4 Å². The minimum absolute atomic E-state index is 0.0787. The van der Waals surface area contributed by atoms with Gasteiger partial charge in [-0.1, -0.05) is 11.6 Å². The van der Waals surface area contributed by atoms with Crippen molar-refractivity contribution in [2.75, 3.05) is 6.61 Å². The molecule has 0 aliphatic carbocycles. The maximum Gasteiger partial charge on any atom is 0.162 e. The van der Waals surface area contributed by atoms with Crippen molar-refractivity contribution in [3.8, 4) is 5.75 Å². The Bertz CT molecular complexity index is 285. The molecule has 0 radical (unpaired) electrons. The van der Waals surface area contributed by atoms with Crippen LogP contribution in [0.4, 0.5) is 0 Å². The van der Waals surface area contributed by atoms with E-state index in [1.54, 1.807) is 24.3 Å². The van der Waals surface area contributed by atoms with Gasteiger partial charge in [0.1, 0.15) is 5.75 Å². The second-order valence-corrected chi connectivity index (χ2v) is 5.25. The summed E-state index contributed by atoms with van der Waals surface area (Å²) in [6, 6.07) is 7.11. The maximum atomic E-state index is 8.79. The summed E-state index contributed by atoms with van der Waals surface area (Å²) in [7, 11) is 0. The molecule has 78 valence electrons. The topological polar surface area (TPSA) is 29.5 Å². The normalized spacial score (nSPS) is 14.9. The first-order valence-electron chi connectivity index (χ1n) is 4.28. The Morgan fingerprint density at radius 3 is 2.50 bits per heavy atom. The molecular weight excluding hydrogens is 267 g/mol. The molecule has 0 amide bonds. The van der Waals surface area contributed by atoms with Crippen molar-refractivity contribution in [2.45, 2.75) is 17.9 Å². The van der Waals surface area contributed by atoms with Crippen LogP contribution in [0, 0.1) is 0 Å². The highest BCUT2D eigenvalue weighted by atomic mass is 79.9. The molecule has 1 aromatic rings. The molecule has 14 heavy (non-hydrogen) atoms. The van der Waals surface area contributed by atoms with Crippen molar-refractivity contribution in [3.05, 3.63) is 29.3 Å². The van der Waals surface area contributed by atoms with E-state index in [-0.39, 0.29) is 6.61 Å². The van der Waals surface area contributed by atoms with Crippen LogP contribution < -0.4 is 4.74 Å².